The van der Waals surface area contributed by atoms with Gasteiger partial charge in [-0.2, -0.15) is 0 Å². The number of likely N-dealkylation sites (tertiary alicyclic amines) is 1. The van der Waals surface area contributed by atoms with Crippen molar-refractivity contribution >= 4 is 11.9 Å². The number of nitrogens with zero attached hydrogens (tertiary/aromatic N) is 1. The van der Waals surface area contributed by atoms with Gasteiger partial charge in [0.1, 0.15) is 6.04 Å². The van der Waals surface area contributed by atoms with E-state index in [-0.39, 0.29) is 5.91 Å². The summed E-state index contributed by atoms with van der Waals surface area (Å²) < 4.78 is 0. The highest BCUT2D eigenvalue weighted by molar-refractivity contribution is 5.91. The van der Waals surface area contributed by atoms with Gasteiger partial charge in [0.15, 0.2) is 0 Å². The first kappa shape index (κ1) is 9.77. The number of carbonyl (C=O) groups is 2. The standard InChI is InChI=1S/C9H13NO3/c1-2-4-8(11)10-6-3-5-7(10)9(12)13/h2,4,7H,3,5-6H2,1H3,(H,12,13)/b4-2+/t7-/m0/s1. The van der Waals surface area contributed by atoms with E-state index in [0.717, 1.165) is 6.42 Å². The van der Waals surface area contributed by atoms with Gasteiger partial charge in [-0.25, -0.2) is 4.79 Å². The number of carboxylic acids is 1. The average Bonchev–Trinajstić information content (AvgIpc) is 2.52. The first-order chi connectivity index (χ1) is 6.16. The summed E-state index contributed by atoms with van der Waals surface area (Å²) in [6.07, 6.45) is 4.37. The number of rotatable bonds is 2. The fourth-order valence-corrected chi connectivity index (χ4v) is 1.53. The Hall–Kier alpha value is -1.32. The summed E-state index contributed by atoms with van der Waals surface area (Å²) in [6.45, 7) is 2.30. The molecule has 0 saturated carbocycles. The van der Waals surface area contributed by atoms with Crippen LogP contribution in [0, 0.1) is 0 Å². The number of hydrogen-bond acceptors (Lipinski definition) is 2. The molecule has 0 aromatic carbocycles. The van der Waals surface area contributed by atoms with E-state index in [0.29, 0.717) is 13.0 Å². The third-order valence-corrected chi connectivity index (χ3v) is 2.13. The maximum Gasteiger partial charge on any atom is 0.326 e. The maximum atomic E-state index is 11.3. The lowest BCUT2D eigenvalue weighted by Crippen LogP contribution is -2.39. The molecule has 0 aliphatic carbocycles. The molecule has 4 heteroatoms. The molecule has 72 valence electrons. The largest absolute Gasteiger partial charge is 0.480 e. The minimum Gasteiger partial charge on any atom is -0.480 e. The number of amides is 1. The van der Waals surface area contributed by atoms with Crippen molar-refractivity contribution in [1.82, 2.24) is 4.90 Å². The van der Waals surface area contributed by atoms with Crippen LogP contribution in [0.1, 0.15) is 19.8 Å². The summed E-state index contributed by atoms with van der Waals surface area (Å²) in [5.41, 5.74) is 0. The number of carboxylic acid groups (broad SMARTS) is 1. The highest BCUT2D eigenvalue weighted by Gasteiger charge is 2.32. The monoisotopic (exact) mass is 183 g/mol. The third kappa shape index (κ3) is 2.08. The molecule has 1 rings (SSSR count). The molecule has 0 radical (unpaired) electrons. The van der Waals surface area contributed by atoms with Crippen LogP contribution < -0.4 is 0 Å². The van der Waals surface area contributed by atoms with E-state index < -0.39 is 12.0 Å². The molecule has 0 bridgehead atoms. The van der Waals surface area contributed by atoms with Crippen LogP contribution in [0.4, 0.5) is 0 Å². The van der Waals surface area contributed by atoms with E-state index >= 15 is 0 Å². The van der Waals surface area contributed by atoms with Gasteiger partial charge in [-0.3, -0.25) is 4.79 Å². The topological polar surface area (TPSA) is 57.6 Å². The van der Waals surface area contributed by atoms with Crippen LogP contribution in [-0.2, 0) is 9.59 Å². The van der Waals surface area contributed by atoms with Crippen molar-refractivity contribution in [2.45, 2.75) is 25.8 Å². The van der Waals surface area contributed by atoms with Gasteiger partial charge in [-0.15, -0.1) is 0 Å². The highest BCUT2D eigenvalue weighted by atomic mass is 16.4. The molecule has 0 unspecified atom stereocenters. The molecule has 1 aliphatic rings. The Labute approximate surface area is 76.8 Å². The zero-order valence-corrected chi connectivity index (χ0v) is 7.56. The van der Waals surface area contributed by atoms with Crippen LogP contribution in [-0.4, -0.2) is 34.5 Å². The molecule has 1 amide bonds. The van der Waals surface area contributed by atoms with Gasteiger partial charge in [0.05, 0.1) is 0 Å². The average molecular weight is 183 g/mol. The molecule has 1 aliphatic heterocycles. The van der Waals surface area contributed by atoms with Crippen molar-refractivity contribution in [3.63, 3.8) is 0 Å². The molecule has 1 heterocycles. The van der Waals surface area contributed by atoms with Gasteiger partial charge in [0, 0.05) is 6.54 Å². The molecule has 13 heavy (non-hydrogen) atoms. The lowest BCUT2D eigenvalue weighted by molar-refractivity contribution is -0.146. The summed E-state index contributed by atoms with van der Waals surface area (Å²) in [7, 11) is 0. The summed E-state index contributed by atoms with van der Waals surface area (Å²) in [5, 5.41) is 8.78. The predicted molar refractivity (Wildman–Crippen MR) is 47.2 cm³/mol. The Morgan fingerprint density at radius 3 is 2.77 bits per heavy atom. The molecular formula is C9H13NO3. The number of carbonyl (C=O) groups excluding carboxylic acids is 1. The quantitative estimate of drug-likeness (QED) is 0.639. The summed E-state index contributed by atoms with van der Waals surface area (Å²) >= 11 is 0. The first-order valence-corrected chi connectivity index (χ1v) is 4.33. The van der Waals surface area contributed by atoms with Crippen LogP contribution in [0.25, 0.3) is 0 Å². The van der Waals surface area contributed by atoms with Crippen LogP contribution in [0.3, 0.4) is 0 Å². The zero-order chi connectivity index (χ0) is 9.84. The molecule has 1 saturated heterocycles. The predicted octanol–water partition coefficient (Wildman–Crippen LogP) is 0.638. The van der Waals surface area contributed by atoms with Gasteiger partial charge >= 0.3 is 5.97 Å². The van der Waals surface area contributed by atoms with E-state index in [1.165, 1.54) is 11.0 Å². The zero-order valence-electron chi connectivity index (χ0n) is 7.56. The Kier molecular flexibility index (Phi) is 3.06. The Balaban J connectivity index is 2.68. The Morgan fingerprint density at radius 1 is 1.54 bits per heavy atom. The SMILES string of the molecule is C/C=C/C(=O)N1CCC[C@H]1C(=O)O. The summed E-state index contributed by atoms with van der Waals surface area (Å²) in [6, 6.07) is -0.622. The smallest absolute Gasteiger partial charge is 0.326 e. The van der Waals surface area contributed by atoms with E-state index in [1.807, 2.05) is 0 Å². The molecule has 0 spiro atoms. The minimum absolute atomic E-state index is 0.201. The molecule has 1 N–H and O–H groups in total. The van der Waals surface area contributed by atoms with Gasteiger partial charge in [0.25, 0.3) is 0 Å². The van der Waals surface area contributed by atoms with E-state index in [4.69, 9.17) is 5.11 Å². The number of aliphatic carboxylic acids is 1. The van der Waals surface area contributed by atoms with Crippen molar-refractivity contribution in [3.8, 4) is 0 Å². The van der Waals surface area contributed by atoms with Crippen LogP contribution >= 0.6 is 0 Å². The van der Waals surface area contributed by atoms with Crippen LogP contribution in [0.2, 0.25) is 0 Å². The third-order valence-electron chi connectivity index (χ3n) is 2.13. The van der Waals surface area contributed by atoms with Gasteiger partial charge in [0.2, 0.25) is 5.91 Å². The fourth-order valence-electron chi connectivity index (χ4n) is 1.53. The highest BCUT2D eigenvalue weighted by Crippen LogP contribution is 2.17. The second-order valence-electron chi connectivity index (χ2n) is 3.03. The lowest BCUT2D eigenvalue weighted by atomic mass is 10.2. The summed E-state index contributed by atoms with van der Waals surface area (Å²) in [5.74, 6) is -1.11. The lowest BCUT2D eigenvalue weighted by Gasteiger charge is -2.19. The van der Waals surface area contributed by atoms with Gasteiger partial charge in [-0.1, -0.05) is 6.08 Å². The van der Waals surface area contributed by atoms with Crippen LogP contribution in [0.15, 0.2) is 12.2 Å². The molecule has 0 aromatic rings. The fraction of sp³-hybridized carbons (Fsp3) is 0.556. The maximum absolute atomic E-state index is 11.3. The van der Waals surface area contributed by atoms with Crippen molar-refractivity contribution in [2.24, 2.45) is 0 Å². The summed E-state index contributed by atoms with van der Waals surface area (Å²) in [4.78, 5) is 23.4. The molecular weight excluding hydrogens is 170 g/mol. The van der Waals surface area contributed by atoms with Crippen molar-refractivity contribution in [3.05, 3.63) is 12.2 Å². The Bertz CT molecular complexity index is 247. The minimum atomic E-state index is -0.907. The van der Waals surface area contributed by atoms with E-state index in [9.17, 15) is 9.59 Å². The van der Waals surface area contributed by atoms with E-state index in [2.05, 4.69) is 0 Å². The van der Waals surface area contributed by atoms with Crippen molar-refractivity contribution in [2.75, 3.05) is 6.54 Å². The normalized spacial score (nSPS) is 22.5. The molecule has 1 atom stereocenters. The van der Waals surface area contributed by atoms with Crippen molar-refractivity contribution in [1.29, 1.82) is 0 Å². The van der Waals surface area contributed by atoms with Crippen LogP contribution in [0.5, 0.6) is 0 Å². The number of hydrogen-bond donors (Lipinski definition) is 1. The molecule has 0 aromatic heterocycles. The van der Waals surface area contributed by atoms with Crippen molar-refractivity contribution < 1.29 is 14.7 Å². The Morgan fingerprint density at radius 2 is 2.23 bits per heavy atom. The molecule has 4 nitrogen and oxygen atoms in total. The second kappa shape index (κ2) is 4.07. The van der Waals surface area contributed by atoms with Gasteiger partial charge < -0.3 is 10.0 Å². The molecule has 1 fully saturated rings. The second-order valence-corrected chi connectivity index (χ2v) is 3.03. The first-order valence-electron chi connectivity index (χ1n) is 4.33. The number of allylic oxidation sites excluding steroid dienone is 1. The van der Waals surface area contributed by atoms with Gasteiger partial charge in [-0.05, 0) is 25.8 Å². The van der Waals surface area contributed by atoms with E-state index in [1.54, 1.807) is 13.0 Å².